The van der Waals surface area contributed by atoms with Gasteiger partial charge in [-0.15, -0.1) is 0 Å². The molecule has 0 heterocycles. The zero-order chi connectivity index (χ0) is 17.2. The molecule has 1 aromatic carbocycles. The molecule has 1 amide bonds. The topological polar surface area (TPSA) is 86.4 Å². The molecule has 0 radical (unpaired) electrons. The fourth-order valence-electron chi connectivity index (χ4n) is 1.85. The van der Waals surface area contributed by atoms with Crippen molar-refractivity contribution >= 4 is 17.5 Å². The molecule has 0 aliphatic carbocycles. The van der Waals surface area contributed by atoms with E-state index in [1.807, 2.05) is 26.0 Å². The van der Waals surface area contributed by atoms with Crippen LogP contribution < -0.4 is 9.47 Å². The van der Waals surface area contributed by atoms with Gasteiger partial charge in [-0.05, 0) is 25.5 Å². The van der Waals surface area contributed by atoms with Crippen LogP contribution in [0.1, 0.15) is 30.6 Å². The number of benzene rings is 1. The molecule has 0 unspecified atom stereocenters. The Kier molecular flexibility index (Phi) is 7.73. The number of rotatable bonds is 8. The van der Waals surface area contributed by atoms with Gasteiger partial charge in [0.15, 0.2) is 11.5 Å². The third kappa shape index (κ3) is 5.05. The fraction of sp³-hybridized carbons (Fsp3) is 0.438. The summed E-state index contributed by atoms with van der Waals surface area (Å²) < 4.78 is 11.1. The van der Waals surface area contributed by atoms with Gasteiger partial charge in [0, 0.05) is 5.56 Å². The Hall–Kier alpha value is -2.44. The SMILES string of the molecule is CCCOc1c(Cl)cc(C(=O)N(CC#N)CC#N)cc1OCC. The minimum atomic E-state index is -0.460. The van der Waals surface area contributed by atoms with Crippen molar-refractivity contribution in [1.29, 1.82) is 10.5 Å². The van der Waals surface area contributed by atoms with Crippen LogP contribution in [0.4, 0.5) is 0 Å². The molecule has 7 heteroatoms. The first-order valence-electron chi connectivity index (χ1n) is 7.21. The highest BCUT2D eigenvalue weighted by Gasteiger charge is 2.20. The highest BCUT2D eigenvalue weighted by molar-refractivity contribution is 6.32. The van der Waals surface area contributed by atoms with E-state index in [4.69, 9.17) is 31.6 Å². The van der Waals surface area contributed by atoms with Gasteiger partial charge in [-0.3, -0.25) is 4.79 Å². The first-order valence-corrected chi connectivity index (χ1v) is 7.59. The summed E-state index contributed by atoms with van der Waals surface area (Å²) in [6.07, 6.45) is 0.806. The molecule has 6 nitrogen and oxygen atoms in total. The molecule has 0 fully saturated rings. The maximum absolute atomic E-state index is 12.4. The Labute approximate surface area is 140 Å². The summed E-state index contributed by atoms with van der Waals surface area (Å²) >= 11 is 6.20. The third-order valence-electron chi connectivity index (χ3n) is 2.82. The molecule has 0 saturated heterocycles. The van der Waals surface area contributed by atoms with Crippen molar-refractivity contribution in [2.45, 2.75) is 20.3 Å². The molecule has 1 rings (SSSR count). The molecule has 0 N–H and O–H groups in total. The van der Waals surface area contributed by atoms with E-state index in [0.29, 0.717) is 24.7 Å². The molecule has 0 saturated carbocycles. The van der Waals surface area contributed by atoms with Crippen LogP contribution >= 0.6 is 11.6 Å². The average Bonchev–Trinajstić information content (AvgIpc) is 2.53. The number of nitrogens with zero attached hydrogens (tertiary/aromatic N) is 3. The number of carbonyl (C=O) groups is 1. The van der Waals surface area contributed by atoms with Crippen molar-refractivity contribution < 1.29 is 14.3 Å². The van der Waals surface area contributed by atoms with E-state index < -0.39 is 5.91 Å². The molecule has 0 aromatic heterocycles. The Morgan fingerprint density at radius 2 is 1.87 bits per heavy atom. The summed E-state index contributed by atoms with van der Waals surface area (Å²) in [6, 6.07) is 6.70. The van der Waals surface area contributed by atoms with E-state index in [1.54, 1.807) is 0 Å². The van der Waals surface area contributed by atoms with E-state index >= 15 is 0 Å². The number of carbonyl (C=O) groups excluding carboxylic acids is 1. The third-order valence-corrected chi connectivity index (χ3v) is 3.10. The largest absolute Gasteiger partial charge is 0.490 e. The van der Waals surface area contributed by atoms with Gasteiger partial charge < -0.3 is 14.4 Å². The molecule has 0 atom stereocenters. The van der Waals surface area contributed by atoms with Crippen LogP contribution in [0.5, 0.6) is 11.5 Å². The van der Waals surface area contributed by atoms with Gasteiger partial charge in [-0.2, -0.15) is 10.5 Å². The number of nitriles is 2. The second-order valence-corrected chi connectivity index (χ2v) is 4.95. The molecule has 23 heavy (non-hydrogen) atoms. The van der Waals surface area contributed by atoms with E-state index in [-0.39, 0.29) is 23.7 Å². The predicted molar refractivity (Wildman–Crippen MR) is 85.5 cm³/mol. The molecule has 0 aliphatic heterocycles. The minimum absolute atomic E-state index is 0.179. The highest BCUT2D eigenvalue weighted by Crippen LogP contribution is 2.37. The van der Waals surface area contributed by atoms with Gasteiger partial charge in [-0.1, -0.05) is 18.5 Å². The maximum atomic E-state index is 12.4. The van der Waals surface area contributed by atoms with Gasteiger partial charge >= 0.3 is 0 Å². The zero-order valence-electron chi connectivity index (χ0n) is 13.1. The summed E-state index contributed by atoms with van der Waals surface area (Å²) in [4.78, 5) is 13.6. The predicted octanol–water partition coefficient (Wildman–Crippen LogP) is 3.02. The Balaban J connectivity index is 3.19. The lowest BCUT2D eigenvalue weighted by Crippen LogP contribution is -2.31. The Morgan fingerprint density at radius 3 is 2.39 bits per heavy atom. The lowest BCUT2D eigenvalue weighted by molar-refractivity contribution is 0.0794. The number of hydrogen-bond donors (Lipinski definition) is 0. The van der Waals surface area contributed by atoms with Crippen LogP contribution in [-0.2, 0) is 0 Å². The molecule has 1 aromatic rings. The van der Waals surface area contributed by atoms with Crippen molar-refractivity contribution in [3.05, 3.63) is 22.7 Å². The van der Waals surface area contributed by atoms with Crippen LogP contribution in [0, 0.1) is 22.7 Å². The number of halogens is 1. The fourth-order valence-corrected chi connectivity index (χ4v) is 2.12. The Bertz CT molecular complexity index is 619. The lowest BCUT2D eigenvalue weighted by Gasteiger charge is -2.18. The van der Waals surface area contributed by atoms with Crippen molar-refractivity contribution in [2.24, 2.45) is 0 Å². The summed E-state index contributed by atoms with van der Waals surface area (Å²) in [5.41, 5.74) is 0.243. The second-order valence-electron chi connectivity index (χ2n) is 4.54. The molecule has 0 aliphatic rings. The van der Waals surface area contributed by atoms with E-state index in [9.17, 15) is 4.79 Å². The number of amides is 1. The molecule has 122 valence electrons. The molecular weight excluding hydrogens is 318 g/mol. The maximum Gasteiger partial charge on any atom is 0.255 e. The monoisotopic (exact) mass is 335 g/mol. The molecule has 0 spiro atoms. The van der Waals surface area contributed by atoms with Crippen molar-refractivity contribution in [1.82, 2.24) is 4.90 Å². The van der Waals surface area contributed by atoms with Crippen molar-refractivity contribution in [3.8, 4) is 23.6 Å². The van der Waals surface area contributed by atoms with E-state index in [0.717, 1.165) is 11.3 Å². The van der Waals surface area contributed by atoms with Crippen LogP contribution in [0.25, 0.3) is 0 Å². The minimum Gasteiger partial charge on any atom is -0.490 e. The second kappa shape index (κ2) is 9.55. The van der Waals surface area contributed by atoms with Gasteiger partial charge in [0.1, 0.15) is 13.1 Å². The van der Waals surface area contributed by atoms with Crippen molar-refractivity contribution in [3.63, 3.8) is 0 Å². The summed E-state index contributed by atoms with van der Waals surface area (Å²) in [5.74, 6) is 0.294. The van der Waals surface area contributed by atoms with Gasteiger partial charge in [-0.25, -0.2) is 0 Å². The average molecular weight is 336 g/mol. The quantitative estimate of drug-likeness (QED) is 0.681. The number of ether oxygens (including phenoxy) is 2. The van der Waals surface area contributed by atoms with E-state index in [2.05, 4.69) is 0 Å². The van der Waals surface area contributed by atoms with Crippen LogP contribution in [-0.4, -0.2) is 37.1 Å². The molecular formula is C16H18ClN3O3. The summed E-state index contributed by atoms with van der Waals surface area (Å²) in [5, 5.41) is 17.8. The molecule has 0 bridgehead atoms. The first-order chi connectivity index (χ1) is 11.1. The Morgan fingerprint density at radius 1 is 1.22 bits per heavy atom. The van der Waals surface area contributed by atoms with Crippen LogP contribution in [0.3, 0.4) is 0 Å². The summed E-state index contributed by atoms with van der Waals surface area (Å²) in [6.45, 7) is 4.28. The van der Waals surface area contributed by atoms with Crippen LogP contribution in [0.15, 0.2) is 12.1 Å². The van der Waals surface area contributed by atoms with Gasteiger partial charge in [0.25, 0.3) is 5.91 Å². The van der Waals surface area contributed by atoms with E-state index in [1.165, 1.54) is 12.1 Å². The van der Waals surface area contributed by atoms with Crippen molar-refractivity contribution in [2.75, 3.05) is 26.3 Å². The van der Waals surface area contributed by atoms with Gasteiger partial charge in [0.05, 0.1) is 30.4 Å². The number of hydrogen-bond acceptors (Lipinski definition) is 5. The highest BCUT2D eigenvalue weighted by atomic mass is 35.5. The smallest absolute Gasteiger partial charge is 0.255 e. The summed E-state index contributed by atoms with van der Waals surface area (Å²) in [7, 11) is 0. The lowest BCUT2D eigenvalue weighted by atomic mass is 10.1. The van der Waals surface area contributed by atoms with Crippen LogP contribution in [0.2, 0.25) is 5.02 Å². The zero-order valence-corrected chi connectivity index (χ0v) is 13.9. The normalized spacial score (nSPS) is 9.61. The van der Waals surface area contributed by atoms with Gasteiger partial charge in [0.2, 0.25) is 0 Å². The first kappa shape index (κ1) is 18.6. The standard InChI is InChI=1S/C16H18ClN3O3/c1-3-9-23-15-13(17)10-12(11-14(15)22-4-2)16(21)20(7-5-18)8-6-19/h10-11H,3-4,7-9H2,1-2H3.